The summed E-state index contributed by atoms with van der Waals surface area (Å²) in [6.45, 7) is 2.53. The third-order valence-electron chi connectivity index (χ3n) is 4.30. The summed E-state index contributed by atoms with van der Waals surface area (Å²) in [5.74, 6) is 1.35. The van der Waals surface area contributed by atoms with Crippen molar-refractivity contribution >= 4 is 10.0 Å². The van der Waals surface area contributed by atoms with Crippen LogP contribution in [0, 0.1) is 0 Å². The number of para-hydroxylation sites is 1. The summed E-state index contributed by atoms with van der Waals surface area (Å²) in [4.78, 5) is 12.5. The van der Waals surface area contributed by atoms with E-state index >= 15 is 0 Å². The quantitative estimate of drug-likeness (QED) is 0.591. The van der Waals surface area contributed by atoms with Crippen LogP contribution < -0.4 is 4.74 Å². The molecule has 3 aromatic rings. The highest BCUT2D eigenvalue weighted by molar-refractivity contribution is 7.89. The number of ether oxygens (including phenoxy) is 1. The lowest BCUT2D eigenvalue weighted by molar-refractivity contribution is 0.0766. The molecule has 1 aliphatic rings. The van der Waals surface area contributed by atoms with Crippen LogP contribution in [-0.4, -0.2) is 57.8 Å². The molecule has 0 radical (unpaired) electrons. The minimum Gasteiger partial charge on any atom is -0.487 e. The molecule has 2 aromatic heterocycles. The molecule has 0 unspecified atom stereocenters. The van der Waals surface area contributed by atoms with Crippen molar-refractivity contribution in [2.45, 2.75) is 19.4 Å². The summed E-state index contributed by atoms with van der Waals surface area (Å²) in [6, 6.07) is 7.29. The van der Waals surface area contributed by atoms with Gasteiger partial charge in [0.2, 0.25) is 15.8 Å². The van der Waals surface area contributed by atoms with Crippen LogP contribution >= 0.6 is 0 Å². The van der Waals surface area contributed by atoms with Gasteiger partial charge in [-0.25, -0.2) is 13.4 Å². The largest absolute Gasteiger partial charge is 0.487 e. The molecule has 9 nitrogen and oxygen atoms in total. The number of nitrogens with zero attached hydrogens (tertiary/aromatic N) is 5. The minimum absolute atomic E-state index is 0.156. The van der Waals surface area contributed by atoms with Crippen molar-refractivity contribution in [3.05, 3.63) is 42.9 Å². The van der Waals surface area contributed by atoms with Gasteiger partial charge in [0, 0.05) is 12.4 Å². The smallest absolute Gasteiger partial charge is 0.262 e. The highest BCUT2D eigenvalue weighted by atomic mass is 32.2. The number of rotatable bonds is 7. The zero-order valence-corrected chi connectivity index (χ0v) is 16.0. The van der Waals surface area contributed by atoms with Crippen molar-refractivity contribution in [2.24, 2.45) is 0 Å². The Labute approximate surface area is 162 Å². The molecular weight excluding hydrogens is 382 g/mol. The summed E-state index contributed by atoms with van der Waals surface area (Å²) in [6.07, 6.45) is 5.05. The Morgan fingerprint density at radius 1 is 1.25 bits per heavy atom. The van der Waals surface area contributed by atoms with Crippen molar-refractivity contribution in [1.29, 1.82) is 0 Å². The molecule has 3 heterocycles. The van der Waals surface area contributed by atoms with Crippen LogP contribution in [0.5, 0.6) is 5.75 Å². The van der Waals surface area contributed by atoms with Gasteiger partial charge in [0.15, 0.2) is 0 Å². The normalized spacial score (nSPS) is 15.3. The second kappa shape index (κ2) is 7.64. The molecule has 0 N–H and O–H groups in total. The first-order valence-electron chi connectivity index (χ1n) is 8.91. The fourth-order valence-electron chi connectivity index (χ4n) is 2.87. The Hall–Kier alpha value is -2.85. The lowest BCUT2D eigenvalue weighted by Crippen LogP contribution is -2.56. The highest BCUT2D eigenvalue weighted by Crippen LogP contribution is 2.32. The predicted octanol–water partition coefficient (Wildman–Crippen LogP) is 2.00. The average molecular weight is 401 g/mol. The second-order valence-electron chi connectivity index (χ2n) is 6.38. The molecule has 0 amide bonds. The molecule has 1 aromatic carbocycles. The van der Waals surface area contributed by atoms with E-state index in [1.165, 1.54) is 4.31 Å². The molecule has 0 aliphatic carbocycles. The van der Waals surface area contributed by atoms with Crippen LogP contribution in [0.25, 0.3) is 23.0 Å². The predicted molar refractivity (Wildman–Crippen MR) is 101 cm³/mol. The van der Waals surface area contributed by atoms with Crippen LogP contribution in [0.15, 0.2) is 47.4 Å². The van der Waals surface area contributed by atoms with Gasteiger partial charge in [0.1, 0.15) is 17.5 Å². The summed E-state index contributed by atoms with van der Waals surface area (Å²) < 4.78 is 36.9. The van der Waals surface area contributed by atoms with Crippen molar-refractivity contribution in [2.75, 3.05) is 18.8 Å². The van der Waals surface area contributed by atoms with E-state index in [2.05, 4.69) is 20.1 Å². The van der Waals surface area contributed by atoms with Crippen LogP contribution in [0.3, 0.4) is 0 Å². The molecule has 0 atom stereocenters. The van der Waals surface area contributed by atoms with E-state index in [4.69, 9.17) is 9.26 Å². The van der Waals surface area contributed by atoms with E-state index in [9.17, 15) is 8.42 Å². The van der Waals surface area contributed by atoms with E-state index < -0.39 is 10.0 Å². The van der Waals surface area contributed by atoms with E-state index in [0.29, 0.717) is 48.2 Å². The van der Waals surface area contributed by atoms with Gasteiger partial charge in [0.05, 0.1) is 30.6 Å². The lowest BCUT2D eigenvalue weighted by Gasteiger charge is -2.38. The molecular formula is C18H19N5O4S. The molecule has 4 rings (SSSR count). The Balaban J connectivity index is 1.49. The molecule has 1 aliphatic heterocycles. The summed E-state index contributed by atoms with van der Waals surface area (Å²) >= 11 is 0. The van der Waals surface area contributed by atoms with Gasteiger partial charge in [-0.15, -0.1) is 0 Å². The number of hydrogen-bond acceptors (Lipinski definition) is 8. The van der Waals surface area contributed by atoms with Gasteiger partial charge in [-0.05, 0) is 18.6 Å². The zero-order chi connectivity index (χ0) is 19.6. The molecule has 0 spiro atoms. The van der Waals surface area contributed by atoms with Crippen molar-refractivity contribution in [3.63, 3.8) is 0 Å². The van der Waals surface area contributed by atoms with Crippen molar-refractivity contribution in [3.8, 4) is 28.7 Å². The summed E-state index contributed by atoms with van der Waals surface area (Å²) in [7, 11) is -3.19. The fraction of sp³-hybridized carbons (Fsp3) is 0.333. The first-order valence-corrected chi connectivity index (χ1v) is 10.5. The third-order valence-corrected chi connectivity index (χ3v) is 6.31. The molecule has 0 bridgehead atoms. The number of sulfonamides is 1. The topological polar surface area (TPSA) is 111 Å². The maximum Gasteiger partial charge on any atom is 0.262 e. The number of hydrogen-bond donors (Lipinski definition) is 0. The SMILES string of the molecule is CCCS(=O)(=O)N1CC(Oc2ccccc2-c2nc(-c3cnccn3)no2)C1. The van der Waals surface area contributed by atoms with E-state index in [1.807, 2.05) is 25.1 Å². The van der Waals surface area contributed by atoms with Crippen LogP contribution in [0.1, 0.15) is 13.3 Å². The molecule has 1 saturated heterocycles. The zero-order valence-electron chi connectivity index (χ0n) is 15.2. The molecule has 28 heavy (non-hydrogen) atoms. The molecule has 10 heteroatoms. The van der Waals surface area contributed by atoms with E-state index in [0.717, 1.165) is 0 Å². The minimum atomic E-state index is -3.19. The van der Waals surface area contributed by atoms with Crippen LogP contribution in [0.4, 0.5) is 0 Å². The third kappa shape index (κ3) is 3.73. The molecule has 146 valence electrons. The van der Waals surface area contributed by atoms with Crippen LogP contribution in [-0.2, 0) is 10.0 Å². The van der Waals surface area contributed by atoms with Gasteiger partial charge in [-0.3, -0.25) is 4.98 Å². The maximum atomic E-state index is 12.1. The second-order valence-corrected chi connectivity index (χ2v) is 8.47. The van der Waals surface area contributed by atoms with E-state index in [-0.39, 0.29) is 11.9 Å². The van der Waals surface area contributed by atoms with Crippen molar-refractivity contribution in [1.82, 2.24) is 24.4 Å². The first-order chi connectivity index (χ1) is 13.6. The van der Waals surface area contributed by atoms with Crippen LogP contribution in [0.2, 0.25) is 0 Å². The van der Waals surface area contributed by atoms with Gasteiger partial charge in [0.25, 0.3) is 5.89 Å². The monoisotopic (exact) mass is 401 g/mol. The fourth-order valence-corrected chi connectivity index (χ4v) is 4.43. The van der Waals surface area contributed by atoms with Gasteiger partial charge in [-0.1, -0.05) is 24.2 Å². The summed E-state index contributed by atoms with van der Waals surface area (Å²) in [5.41, 5.74) is 1.15. The van der Waals surface area contributed by atoms with Crippen molar-refractivity contribution < 1.29 is 17.7 Å². The number of benzene rings is 1. The Bertz CT molecular complexity index is 1050. The molecule has 0 saturated carbocycles. The summed E-state index contributed by atoms with van der Waals surface area (Å²) in [5, 5.41) is 3.95. The average Bonchev–Trinajstić information content (AvgIpc) is 3.15. The van der Waals surface area contributed by atoms with Gasteiger partial charge in [-0.2, -0.15) is 9.29 Å². The standard InChI is InChI=1S/C18H19N5O4S/c1-2-9-28(24,25)23-11-13(12-23)26-16-6-4-3-5-14(16)18-21-17(22-27-18)15-10-19-7-8-20-15/h3-8,10,13H,2,9,11-12H2,1H3. The molecule has 1 fully saturated rings. The Morgan fingerprint density at radius 3 is 2.82 bits per heavy atom. The highest BCUT2D eigenvalue weighted by Gasteiger charge is 2.37. The number of aromatic nitrogens is 4. The first kappa shape index (κ1) is 18.5. The van der Waals surface area contributed by atoms with Gasteiger partial charge < -0.3 is 9.26 Å². The van der Waals surface area contributed by atoms with Gasteiger partial charge >= 0.3 is 0 Å². The Morgan fingerprint density at radius 2 is 2.07 bits per heavy atom. The maximum absolute atomic E-state index is 12.1. The van der Waals surface area contributed by atoms with E-state index in [1.54, 1.807) is 24.7 Å². The Kier molecular flexibility index (Phi) is 5.05. The lowest BCUT2D eigenvalue weighted by atomic mass is 10.2.